The minimum atomic E-state index is 0.321. The first-order chi connectivity index (χ1) is 11.2. The van der Waals surface area contributed by atoms with E-state index in [0.29, 0.717) is 11.5 Å². The van der Waals surface area contributed by atoms with Crippen molar-refractivity contribution in [1.82, 2.24) is 9.47 Å². The molecule has 4 heterocycles. The standard InChI is InChI=1S/C21H26N2/c1-4-21-13-15(3)23-18-8-6-5-7-16(18)17-10-12-22(11-9-14(21)2)20(21)19(17)23/h5-8,13-14,20H,4,9-12H2,1-3H3. The van der Waals surface area contributed by atoms with Crippen LogP contribution in [0.5, 0.6) is 0 Å². The smallest absolute Gasteiger partial charge is 0.0602 e. The SMILES string of the molecule is CCC12C=C(C)n3c4c(c5ccccc53)CCN(CCC1C)C42. The van der Waals surface area contributed by atoms with Crippen LogP contribution in [0, 0.1) is 11.3 Å². The summed E-state index contributed by atoms with van der Waals surface area (Å²) in [5.74, 6) is 0.765. The molecule has 0 N–H and O–H groups in total. The average Bonchev–Trinajstić information content (AvgIpc) is 2.92. The molecule has 1 fully saturated rings. The lowest BCUT2D eigenvalue weighted by molar-refractivity contribution is -0.0132. The second-order valence-corrected chi connectivity index (χ2v) is 7.85. The summed E-state index contributed by atoms with van der Waals surface area (Å²) in [6, 6.07) is 9.61. The first kappa shape index (κ1) is 13.9. The van der Waals surface area contributed by atoms with Gasteiger partial charge in [-0.05, 0) is 50.3 Å². The number of allylic oxidation sites excluding steroid dienone is 1. The molecule has 1 saturated heterocycles. The summed E-state index contributed by atoms with van der Waals surface area (Å²) in [4.78, 5) is 2.78. The summed E-state index contributed by atoms with van der Waals surface area (Å²) in [7, 11) is 0. The van der Waals surface area contributed by atoms with E-state index in [0.717, 1.165) is 5.92 Å². The molecule has 5 rings (SSSR count). The van der Waals surface area contributed by atoms with Crippen molar-refractivity contribution in [2.45, 2.75) is 46.1 Å². The van der Waals surface area contributed by atoms with Crippen LogP contribution in [0.2, 0.25) is 0 Å². The number of benzene rings is 1. The van der Waals surface area contributed by atoms with Gasteiger partial charge in [0.1, 0.15) is 0 Å². The van der Waals surface area contributed by atoms with Crippen LogP contribution in [0.15, 0.2) is 30.3 Å². The number of piperidine rings is 1. The molecular formula is C21H26N2. The molecule has 2 nitrogen and oxygen atoms in total. The summed E-state index contributed by atoms with van der Waals surface area (Å²) < 4.78 is 2.58. The van der Waals surface area contributed by atoms with Gasteiger partial charge in [0.05, 0.1) is 11.6 Å². The Kier molecular flexibility index (Phi) is 2.72. The highest BCUT2D eigenvalue weighted by molar-refractivity contribution is 5.89. The van der Waals surface area contributed by atoms with E-state index in [1.807, 2.05) is 0 Å². The number of para-hydroxylation sites is 1. The quantitative estimate of drug-likeness (QED) is 0.731. The Morgan fingerprint density at radius 1 is 1.22 bits per heavy atom. The number of fused-ring (bicyclic) bond motifs is 3. The molecule has 2 heteroatoms. The van der Waals surface area contributed by atoms with Crippen LogP contribution in [0.3, 0.4) is 0 Å². The fraction of sp³-hybridized carbons (Fsp3) is 0.524. The molecule has 3 atom stereocenters. The maximum atomic E-state index is 2.78. The highest BCUT2D eigenvalue weighted by Gasteiger charge is 2.52. The normalized spacial score (nSPS) is 32.7. The maximum Gasteiger partial charge on any atom is 0.0602 e. The van der Waals surface area contributed by atoms with Gasteiger partial charge >= 0.3 is 0 Å². The zero-order valence-corrected chi connectivity index (χ0v) is 14.5. The largest absolute Gasteiger partial charge is 0.316 e. The summed E-state index contributed by atoms with van der Waals surface area (Å²) in [6.07, 6.45) is 6.42. The van der Waals surface area contributed by atoms with Gasteiger partial charge in [-0.15, -0.1) is 0 Å². The monoisotopic (exact) mass is 306 g/mol. The number of hydrogen-bond acceptors (Lipinski definition) is 1. The summed E-state index contributed by atoms with van der Waals surface area (Å²) >= 11 is 0. The van der Waals surface area contributed by atoms with Crippen molar-refractivity contribution in [2.75, 3.05) is 13.1 Å². The highest BCUT2D eigenvalue weighted by atomic mass is 15.2. The first-order valence-electron chi connectivity index (χ1n) is 9.23. The predicted molar refractivity (Wildman–Crippen MR) is 96.4 cm³/mol. The highest BCUT2D eigenvalue weighted by Crippen LogP contribution is 2.58. The van der Waals surface area contributed by atoms with Crippen molar-refractivity contribution in [2.24, 2.45) is 11.3 Å². The lowest BCUT2D eigenvalue weighted by atomic mass is 9.61. The molecule has 0 spiro atoms. The summed E-state index contributed by atoms with van der Waals surface area (Å²) in [6.45, 7) is 9.70. The van der Waals surface area contributed by atoms with Gasteiger partial charge in [-0.1, -0.05) is 38.1 Å². The lowest BCUT2D eigenvalue weighted by Gasteiger charge is -2.56. The van der Waals surface area contributed by atoms with Crippen LogP contribution in [-0.2, 0) is 6.42 Å². The minimum absolute atomic E-state index is 0.321. The number of aromatic nitrogens is 1. The van der Waals surface area contributed by atoms with Crippen LogP contribution < -0.4 is 0 Å². The molecule has 120 valence electrons. The van der Waals surface area contributed by atoms with E-state index >= 15 is 0 Å². The number of hydrogen-bond donors (Lipinski definition) is 0. The van der Waals surface area contributed by atoms with Crippen molar-refractivity contribution in [3.8, 4) is 0 Å². The van der Waals surface area contributed by atoms with Crippen molar-refractivity contribution < 1.29 is 0 Å². The second-order valence-electron chi connectivity index (χ2n) is 7.85. The van der Waals surface area contributed by atoms with E-state index in [9.17, 15) is 0 Å². The van der Waals surface area contributed by atoms with E-state index in [1.54, 1.807) is 11.3 Å². The van der Waals surface area contributed by atoms with Gasteiger partial charge in [-0.2, -0.15) is 0 Å². The fourth-order valence-electron chi connectivity index (χ4n) is 5.87. The fourth-order valence-corrected chi connectivity index (χ4v) is 5.87. The van der Waals surface area contributed by atoms with Gasteiger partial charge in [0.15, 0.2) is 0 Å². The molecule has 3 aliphatic heterocycles. The number of nitrogens with zero attached hydrogens (tertiary/aromatic N) is 2. The minimum Gasteiger partial charge on any atom is -0.316 e. The molecule has 0 amide bonds. The Morgan fingerprint density at radius 2 is 2.04 bits per heavy atom. The zero-order valence-electron chi connectivity index (χ0n) is 14.5. The molecule has 0 aliphatic carbocycles. The third-order valence-corrected chi connectivity index (χ3v) is 7.01. The summed E-state index contributed by atoms with van der Waals surface area (Å²) in [5, 5.41) is 1.49. The molecule has 2 aromatic rings. The van der Waals surface area contributed by atoms with E-state index < -0.39 is 0 Å². The second kappa shape index (κ2) is 4.51. The van der Waals surface area contributed by atoms with Gasteiger partial charge in [0, 0.05) is 28.7 Å². The molecule has 0 saturated carbocycles. The molecule has 1 aromatic carbocycles. The van der Waals surface area contributed by atoms with Crippen LogP contribution >= 0.6 is 0 Å². The Hall–Kier alpha value is -1.54. The third-order valence-electron chi connectivity index (χ3n) is 7.01. The Labute approximate surface area is 138 Å². The molecule has 1 aromatic heterocycles. The molecule has 0 bridgehead atoms. The van der Waals surface area contributed by atoms with Crippen molar-refractivity contribution in [1.29, 1.82) is 0 Å². The van der Waals surface area contributed by atoms with E-state index in [-0.39, 0.29) is 0 Å². The molecule has 3 unspecified atom stereocenters. The van der Waals surface area contributed by atoms with Crippen molar-refractivity contribution in [3.05, 3.63) is 41.6 Å². The van der Waals surface area contributed by atoms with Gasteiger partial charge < -0.3 is 4.57 Å². The van der Waals surface area contributed by atoms with E-state index in [4.69, 9.17) is 0 Å². The van der Waals surface area contributed by atoms with Gasteiger partial charge in [-0.3, -0.25) is 4.90 Å². The van der Waals surface area contributed by atoms with Gasteiger partial charge in [0.2, 0.25) is 0 Å². The van der Waals surface area contributed by atoms with Gasteiger partial charge in [0.25, 0.3) is 0 Å². The maximum absolute atomic E-state index is 2.78. The van der Waals surface area contributed by atoms with Crippen LogP contribution in [0.25, 0.3) is 16.6 Å². The van der Waals surface area contributed by atoms with E-state index in [1.165, 1.54) is 49.0 Å². The van der Waals surface area contributed by atoms with Crippen LogP contribution in [0.4, 0.5) is 0 Å². The van der Waals surface area contributed by atoms with Crippen molar-refractivity contribution >= 4 is 16.6 Å². The third kappa shape index (κ3) is 1.53. The molecule has 0 radical (unpaired) electrons. The van der Waals surface area contributed by atoms with Crippen LogP contribution in [-0.4, -0.2) is 22.6 Å². The Balaban J connectivity index is 1.89. The molecular weight excluding hydrogens is 280 g/mol. The number of rotatable bonds is 1. The Morgan fingerprint density at radius 3 is 2.87 bits per heavy atom. The van der Waals surface area contributed by atoms with Crippen LogP contribution in [0.1, 0.15) is 50.9 Å². The van der Waals surface area contributed by atoms with Crippen molar-refractivity contribution in [3.63, 3.8) is 0 Å². The molecule has 23 heavy (non-hydrogen) atoms. The molecule has 3 aliphatic rings. The summed E-state index contributed by atoms with van der Waals surface area (Å²) in [5.41, 5.74) is 6.42. The average molecular weight is 306 g/mol. The zero-order chi connectivity index (χ0) is 15.8. The van der Waals surface area contributed by atoms with Gasteiger partial charge in [-0.25, -0.2) is 0 Å². The lowest BCUT2D eigenvalue weighted by Crippen LogP contribution is -2.53. The predicted octanol–water partition coefficient (Wildman–Crippen LogP) is 4.85. The first-order valence-corrected chi connectivity index (χ1v) is 9.23. The topological polar surface area (TPSA) is 8.17 Å². The van der Waals surface area contributed by atoms with E-state index in [2.05, 4.69) is 60.6 Å². The Bertz CT molecular complexity index is 828.